The summed E-state index contributed by atoms with van der Waals surface area (Å²) in [6.07, 6.45) is 3.62. The van der Waals surface area contributed by atoms with Crippen molar-refractivity contribution in [3.8, 4) is 0 Å². The molecule has 0 radical (unpaired) electrons. The SMILES string of the molecule is Cc1cccc2c(=O)n(CCC(=O)N3CCN(c4ccccn4)CC3)cnc12. The van der Waals surface area contributed by atoms with Crippen molar-refractivity contribution in [1.29, 1.82) is 0 Å². The molecule has 0 spiro atoms. The van der Waals surface area contributed by atoms with E-state index in [0.717, 1.165) is 30.0 Å². The molecule has 1 aromatic carbocycles. The standard InChI is InChI=1S/C21H23N5O2/c1-16-5-4-6-17-20(16)23-15-26(21(17)28)10-8-19(27)25-13-11-24(12-14-25)18-7-2-3-9-22-18/h2-7,9,15H,8,10-14H2,1H3. The van der Waals surface area contributed by atoms with E-state index >= 15 is 0 Å². The molecule has 1 fully saturated rings. The summed E-state index contributed by atoms with van der Waals surface area (Å²) in [7, 11) is 0. The molecule has 0 N–H and O–H groups in total. The van der Waals surface area contributed by atoms with Gasteiger partial charge in [-0.2, -0.15) is 0 Å². The number of aryl methyl sites for hydroxylation is 2. The summed E-state index contributed by atoms with van der Waals surface area (Å²) in [5.41, 5.74) is 1.60. The number of carbonyl (C=O) groups is 1. The zero-order chi connectivity index (χ0) is 19.5. The van der Waals surface area contributed by atoms with E-state index in [9.17, 15) is 9.59 Å². The number of hydrogen-bond donors (Lipinski definition) is 0. The van der Waals surface area contributed by atoms with Gasteiger partial charge in [0.2, 0.25) is 5.91 Å². The third kappa shape index (κ3) is 3.60. The molecule has 1 saturated heterocycles. The second-order valence-electron chi connectivity index (χ2n) is 7.02. The third-order valence-electron chi connectivity index (χ3n) is 5.23. The molecule has 4 rings (SSSR count). The van der Waals surface area contributed by atoms with Crippen LogP contribution in [0.2, 0.25) is 0 Å². The molecule has 7 nitrogen and oxygen atoms in total. The molecular weight excluding hydrogens is 354 g/mol. The maximum absolute atomic E-state index is 12.7. The molecule has 0 aliphatic carbocycles. The van der Waals surface area contributed by atoms with Crippen molar-refractivity contribution in [3.63, 3.8) is 0 Å². The first kappa shape index (κ1) is 18.2. The molecule has 0 atom stereocenters. The van der Waals surface area contributed by atoms with Gasteiger partial charge in [-0.15, -0.1) is 0 Å². The fourth-order valence-corrected chi connectivity index (χ4v) is 3.60. The minimum absolute atomic E-state index is 0.0666. The highest BCUT2D eigenvalue weighted by Crippen LogP contribution is 2.14. The van der Waals surface area contributed by atoms with Crippen molar-refractivity contribution in [3.05, 3.63) is 64.8 Å². The highest BCUT2D eigenvalue weighted by molar-refractivity contribution is 5.80. The molecule has 2 aromatic heterocycles. The lowest BCUT2D eigenvalue weighted by Gasteiger charge is -2.35. The lowest BCUT2D eigenvalue weighted by Crippen LogP contribution is -2.49. The fourth-order valence-electron chi connectivity index (χ4n) is 3.60. The van der Waals surface area contributed by atoms with E-state index < -0.39 is 0 Å². The van der Waals surface area contributed by atoms with Gasteiger partial charge >= 0.3 is 0 Å². The van der Waals surface area contributed by atoms with Crippen LogP contribution in [0.5, 0.6) is 0 Å². The van der Waals surface area contributed by atoms with Crippen LogP contribution in [-0.2, 0) is 11.3 Å². The van der Waals surface area contributed by atoms with Gasteiger partial charge in [-0.05, 0) is 30.7 Å². The van der Waals surface area contributed by atoms with Gasteiger partial charge in [-0.3, -0.25) is 14.2 Å². The number of rotatable bonds is 4. The first-order chi connectivity index (χ1) is 13.6. The van der Waals surface area contributed by atoms with Gasteiger partial charge in [0.25, 0.3) is 5.56 Å². The van der Waals surface area contributed by atoms with Crippen LogP contribution in [0.1, 0.15) is 12.0 Å². The molecular formula is C21H23N5O2. The molecule has 1 aliphatic heterocycles. The number of anilines is 1. The number of nitrogens with zero attached hydrogens (tertiary/aromatic N) is 5. The largest absolute Gasteiger partial charge is 0.353 e. The zero-order valence-electron chi connectivity index (χ0n) is 15.9. The Labute approximate surface area is 163 Å². The summed E-state index contributed by atoms with van der Waals surface area (Å²) in [5, 5.41) is 0.596. The molecule has 1 aliphatic rings. The maximum atomic E-state index is 12.7. The molecule has 0 bridgehead atoms. The quantitative estimate of drug-likeness (QED) is 0.694. The molecule has 144 valence electrons. The van der Waals surface area contributed by atoms with E-state index in [1.165, 1.54) is 4.57 Å². The minimum atomic E-state index is -0.0959. The van der Waals surface area contributed by atoms with Gasteiger partial charge in [0.15, 0.2) is 0 Å². The molecule has 3 heterocycles. The van der Waals surface area contributed by atoms with Crippen LogP contribution in [0.3, 0.4) is 0 Å². The number of hydrogen-bond acceptors (Lipinski definition) is 5. The smallest absolute Gasteiger partial charge is 0.261 e. The topological polar surface area (TPSA) is 71.3 Å². The van der Waals surface area contributed by atoms with Crippen molar-refractivity contribution in [2.24, 2.45) is 0 Å². The Morgan fingerprint density at radius 1 is 1.04 bits per heavy atom. The Balaban J connectivity index is 1.37. The Kier molecular flexibility index (Phi) is 5.06. The van der Waals surface area contributed by atoms with Crippen molar-refractivity contribution >= 4 is 22.6 Å². The number of piperazine rings is 1. The summed E-state index contributed by atoms with van der Waals surface area (Å²) < 4.78 is 1.53. The number of carbonyl (C=O) groups excluding carboxylic acids is 1. The average molecular weight is 377 g/mol. The van der Waals surface area contributed by atoms with Crippen molar-refractivity contribution in [2.45, 2.75) is 19.9 Å². The highest BCUT2D eigenvalue weighted by atomic mass is 16.2. The monoisotopic (exact) mass is 377 g/mol. The molecule has 3 aromatic rings. The van der Waals surface area contributed by atoms with Gasteiger partial charge < -0.3 is 9.80 Å². The number of pyridine rings is 1. The lowest BCUT2D eigenvalue weighted by atomic mass is 10.1. The summed E-state index contributed by atoms with van der Waals surface area (Å²) in [5.74, 6) is 1.01. The van der Waals surface area contributed by atoms with Crippen LogP contribution in [0.25, 0.3) is 10.9 Å². The van der Waals surface area contributed by atoms with Gasteiger partial charge in [0.05, 0.1) is 17.2 Å². The Morgan fingerprint density at radius 3 is 2.61 bits per heavy atom. The van der Waals surface area contributed by atoms with Crippen LogP contribution in [-0.4, -0.2) is 51.5 Å². The molecule has 7 heteroatoms. The van der Waals surface area contributed by atoms with E-state index in [1.54, 1.807) is 18.6 Å². The molecule has 0 saturated carbocycles. The summed E-state index contributed by atoms with van der Waals surface area (Å²) in [6, 6.07) is 11.4. The van der Waals surface area contributed by atoms with Crippen LogP contribution in [0.4, 0.5) is 5.82 Å². The average Bonchev–Trinajstić information content (AvgIpc) is 2.74. The van der Waals surface area contributed by atoms with Crippen molar-refractivity contribution < 1.29 is 4.79 Å². The summed E-state index contributed by atoms with van der Waals surface area (Å²) in [4.78, 5) is 38.1. The predicted octanol–water partition coefficient (Wildman–Crippen LogP) is 1.84. The molecule has 28 heavy (non-hydrogen) atoms. The number of amides is 1. The second-order valence-corrected chi connectivity index (χ2v) is 7.02. The molecule has 1 amide bonds. The third-order valence-corrected chi connectivity index (χ3v) is 5.23. The Morgan fingerprint density at radius 2 is 1.86 bits per heavy atom. The van der Waals surface area contributed by atoms with E-state index in [0.29, 0.717) is 31.4 Å². The molecule has 0 unspecified atom stereocenters. The first-order valence-corrected chi connectivity index (χ1v) is 9.52. The zero-order valence-corrected chi connectivity index (χ0v) is 15.9. The first-order valence-electron chi connectivity index (χ1n) is 9.52. The number of aromatic nitrogens is 3. The maximum Gasteiger partial charge on any atom is 0.261 e. The number of fused-ring (bicyclic) bond motifs is 1. The van der Waals surface area contributed by atoms with Gasteiger partial charge in [0.1, 0.15) is 5.82 Å². The summed E-state index contributed by atoms with van der Waals surface area (Å²) >= 11 is 0. The fraction of sp³-hybridized carbons (Fsp3) is 0.333. The van der Waals surface area contributed by atoms with Crippen LogP contribution < -0.4 is 10.5 Å². The van der Waals surface area contributed by atoms with Crippen LogP contribution in [0.15, 0.2) is 53.7 Å². The van der Waals surface area contributed by atoms with Gasteiger partial charge in [0, 0.05) is 45.3 Å². The Bertz CT molecular complexity index is 1040. The number of para-hydroxylation sites is 1. The van der Waals surface area contributed by atoms with E-state index in [4.69, 9.17) is 0 Å². The van der Waals surface area contributed by atoms with E-state index in [1.807, 2.05) is 42.2 Å². The minimum Gasteiger partial charge on any atom is -0.353 e. The summed E-state index contributed by atoms with van der Waals surface area (Å²) in [6.45, 7) is 5.14. The normalized spacial score (nSPS) is 14.5. The van der Waals surface area contributed by atoms with Crippen LogP contribution in [0, 0.1) is 6.92 Å². The van der Waals surface area contributed by atoms with Crippen LogP contribution >= 0.6 is 0 Å². The van der Waals surface area contributed by atoms with Gasteiger partial charge in [-0.1, -0.05) is 18.2 Å². The lowest BCUT2D eigenvalue weighted by molar-refractivity contribution is -0.131. The van der Waals surface area contributed by atoms with E-state index in [-0.39, 0.29) is 11.5 Å². The number of benzene rings is 1. The predicted molar refractivity (Wildman–Crippen MR) is 108 cm³/mol. The second kappa shape index (κ2) is 7.80. The van der Waals surface area contributed by atoms with Crippen molar-refractivity contribution in [1.82, 2.24) is 19.4 Å². The van der Waals surface area contributed by atoms with Gasteiger partial charge in [-0.25, -0.2) is 9.97 Å². The van der Waals surface area contributed by atoms with Crippen molar-refractivity contribution in [2.75, 3.05) is 31.1 Å². The van der Waals surface area contributed by atoms with E-state index in [2.05, 4.69) is 14.9 Å². The Hall–Kier alpha value is -3.22. The highest BCUT2D eigenvalue weighted by Gasteiger charge is 2.21.